The van der Waals surface area contributed by atoms with Crippen molar-refractivity contribution in [2.45, 2.75) is 18.4 Å². The molecule has 30 heavy (non-hydrogen) atoms. The molecule has 2 heterocycles. The Kier molecular flexibility index (Phi) is 5.81. The number of fused-ring (bicyclic) bond motifs is 1. The van der Waals surface area contributed by atoms with Crippen molar-refractivity contribution in [3.05, 3.63) is 65.7 Å². The van der Waals surface area contributed by atoms with Crippen molar-refractivity contribution in [3.8, 4) is 0 Å². The first-order valence-corrected chi connectivity index (χ1v) is 10.1. The average Bonchev–Trinajstić information content (AvgIpc) is 3.12. The zero-order valence-electron chi connectivity index (χ0n) is 16.9. The van der Waals surface area contributed by atoms with Crippen LogP contribution < -0.4 is 10.2 Å². The van der Waals surface area contributed by atoms with Crippen molar-refractivity contribution in [2.24, 2.45) is 0 Å². The quantitative estimate of drug-likeness (QED) is 0.820. The summed E-state index contributed by atoms with van der Waals surface area (Å²) in [4.78, 5) is 40.5. The second-order valence-electron chi connectivity index (χ2n) is 7.80. The third-order valence-electron chi connectivity index (χ3n) is 5.60. The van der Waals surface area contributed by atoms with Crippen LogP contribution in [0, 0.1) is 0 Å². The van der Waals surface area contributed by atoms with Crippen LogP contribution in [0.4, 0.5) is 5.69 Å². The molecule has 0 bridgehead atoms. The van der Waals surface area contributed by atoms with Gasteiger partial charge in [-0.1, -0.05) is 36.4 Å². The first-order valence-electron chi connectivity index (χ1n) is 10.1. The molecule has 1 fully saturated rings. The van der Waals surface area contributed by atoms with Crippen molar-refractivity contribution >= 4 is 23.4 Å². The lowest BCUT2D eigenvalue weighted by Gasteiger charge is -2.26. The van der Waals surface area contributed by atoms with E-state index in [1.54, 1.807) is 36.2 Å². The Morgan fingerprint density at radius 1 is 1.13 bits per heavy atom. The molecule has 0 spiro atoms. The van der Waals surface area contributed by atoms with Gasteiger partial charge in [0.05, 0.1) is 12.6 Å². The number of carbonyl (C=O) groups excluding carboxylic acids is 3. The van der Waals surface area contributed by atoms with Gasteiger partial charge in [-0.05, 0) is 30.2 Å². The highest BCUT2D eigenvalue weighted by Gasteiger charge is 2.35. The minimum Gasteiger partial charge on any atom is -0.370 e. The second-order valence-corrected chi connectivity index (χ2v) is 7.80. The fraction of sp³-hybridized carbons (Fsp3) is 0.348. The normalized spacial score (nSPS) is 20.4. The largest absolute Gasteiger partial charge is 0.370 e. The van der Waals surface area contributed by atoms with Gasteiger partial charge in [0.15, 0.2) is 0 Å². The van der Waals surface area contributed by atoms with Gasteiger partial charge < -0.3 is 19.9 Å². The maximum Gasteiger partial charge on any atom is 0.254 e. The fourth-order valence-electron chi connectivity index (χ4n) is 4.17. The van der Waals surface area contributed by atoms with E-state index in [-0.39, 0.29) is 42.8 Å². The smallest absolute Gasteiger partial charge is 0.254 e. The summed E-state index contributed by atoms with van der Waals surface area (Å²) in [6.07, 6.45) is 0.700. The zero-order chi connectivity index (χ0) is 21.1. The van der Waals surface area contributed by atoms with E-state index in [4.69, 9.17) is 4.74 Å². The zero-order valence-corrected chi connectivity index (χ0v) is 16.9. The van der Waals surface area contributed by atoms with E-state index in [9.17, 15) is 14.4 Å². The maximum absolute atomic E-state index is 13.1. The Bertz CT molecular complexity index is 946. The maximum atomic E-state index is 13.1. The molecular formula is C23H25N3O4. The molecule has 0 aliphatic carbocycles. The van der Waals surface area contributed by atoms with Crippen molar-refractivity contribution in [2.75, 3.05) is 38.3 Å². The van der Waals surface area contributed by atoms with Gasteiger partial charge in [0.1, 0.15) is 13.2 Å². The highest BCUT2D eigenvalue weighted by molar-refractivity contribution is 6.01. The molecule has 2 aliphatic heterocycles. The summed E-state index contributed by atoms with van der Waals surface area (Å²) in [6.45, 7) is 1.10. The van der Waals surface area contributed by atoms with E-state index in [0.29, 0.717) is 25.1 Å². The van der Waals surface area contributed by atoms with E-state index < -0.39 is 0 Å². The van der Waals surface area contributed by atoms with Crippen LogP contribution in [0.25, 0.3) is 0 Å². The topological polar surface area (TPSA) is 79.0 Å². The molecule has 1 saturated heterocycles. The molecule has 2 atom stereocenters. The number of nitrogens with zero attached hydrogens (tertiary/aromatic N) is 2. The third-order valence-corrected chi connectivity index (χ3v) is 5.60. The van der Waals surface area contributed by atoms with Gasteiger partial charge in [-0.3, -0.25) is 14.4 Å². The van der Waals surface area contributed by atoms with Gasteiger partial charge in [0.2, 0.25) is 11.8 Å². The number of hydrogen-bond acceptors (Lipinski definition) is 4. The molecule has 4 rings (SSSR count). The molecule has 0 radical (unpaired) electrons. The lowest BCUT2D eigenvalue weighted by Crippen LogP contribution is -2.46. The Hall–Kier alpha value is -3.19. The summed E-state index contributed by atoms with van der Waals surface area (Å²) in [5, 5.41) is 2.96. The standard InChI is InChI=1S/C23H25N3O4/c1-25(23(29)16-7-3-2-4-8-16)13-22(28)26-12-17(19-9-5-6-10-20(19)26)11-18-14-30-15-21(27)24-18/h2-10,17-18H,11-15H2,1H3,(H,24,27). The highest BCUT2D eigenvalue weighted by atomic mass is 16.5. The van der Waals surface area contributed by atoms with Crippen LogP contribution >= 0.6 is 0 Å². The number of benzene rings is 2. The molecule has 2 unspecified atom stereocenters. The lowest BCUT2D eigenvalue weighted by molar-refractivity contribution is -0.131. The Morgan fingerprint density at radius 2 is 1.87 bits per heavy atom. The molecule has 0 saturated carbocycles. The monoisotopic (exact) mass is 407 g/mol. The van der Waals surface area contributed by atoms with Crippen LogP contribution in [0.5, 0.6) is 0 Å². The number of nitrogens with one attached hydrogen (secondary N) is 1. The molecule has 2 aliphatic rings. The van der Waals surface area contributed by atoms with Gasteiger partial charge in [-0.25, -0.2) is 0 Å². The molecule has 2 aromatic rings. The number of hydrogen-bond donors (Lipinski definition) is 1. The molecule has 0 aromatic heterocycles. The van der Waals surface area contributed by atoms with E-state index >= 15 is 0 Å². The summed E-state index contributed by atoms with van der Waals surface area (Å²) in [6, 6.07) is 16.7. The molecule has 156 valence electrons. The van der Waals surface area contributed by atoms with Crippen LogP contribution in [-0.4, -0.2) is 62.0 Å². The first kappa shape index (κ1) is 20.1. The van der Waals surface area contributed by atoms with E-state index in [2.05, 4.69) is 5.32 Å². The number of morpholine rings is 1. The predicted octanol–water partition coefficient (Wildman–Crippen LogP) is 1.79. The van der Waals surface area contributed by atoms with Crippen molar-refractivity contribution in [1.82, 2.24) is 10.2 Å². The average molecular weight is 407 g/mol. The predicted molar refractivity (Wildman–Crippen MR) is 112 cm³/mol. The fourth-order valence-corrected chi connectivity index (χ4v) is 4.17. The van der Waals surface area contributed by atoms with Crippen LogP contribution in [0.1, 0.15) is 28.3 Å². The molecule has 1 N–H and O–H groups in total. The van der Waals surface area contributed by atoms with Crippen molar-refractivity contribution < 1.29 is 19.1 Å². The summed E-state index contributed by atoms with van der Waals surface area (Å²) >= 11 is 0. The van der Waals surface area contributed by atoms with Crippen molar-refractivity contribution in [3.63, 3.8) is 0 Å². The number of rotatable bonds is 5. The van der Waals surface area contributed by atoms with Crippen LogP contribution in [0.3, 0.4) is 0 Å². The van der Waals surface area contributed by atoms with E-state index in [1.807, 2.05) is 30.3 Å². The molecule has 2 aromatic carbocycles. The number of anilines is 1. The summed E-state index contributed by atoms with van der Waals surface area (Å²) in [5.41, 5.74) is 2.51. The number of likely N-dealkylation sites (N-methyl/N-ethyl adjacent to an activating group) is 1. The van der Waals surface area contributed by atoms with Gasteiger partial charge in [-0.15, -0.1) is 0 Å². The highest BCUT2D eigenvalue weighted by Crippen LogP contribution is 2.38. The lowest BCUT2D eigenvalue weighted by atomic mass is 9.94. The SMILES string of the molecule is CN(CC(=O)N1CC(CC2COCC(=O)N2)c2ccccc21)C(=O)c1ccccc1. The van der Waals surface area contributed by atoms with E-state index in [1.165, 1.54) is 4.90 Å². The van der Waals surface area contributed by atoms with Crippen LogP contribution in [0.15, 0.2) is 54.6 Å². The number of para-hydroxylation sites is 1. The summed E-state index contributed by atoms with van der Waals surface area (Å²) in [5.74, 6) is -0.311. The first-order chi connectivity index (χ1) is 14.5. The Balaban J connectivity index is 1.45. The number of ether oxygens (including phenoxy) is 1. The Morgan fingerprint density at radius 3 is 2.63 bits per heavy atom. The van der Waals surface area contributed by atoms with Gasteiger partial charge in [0, 0.05) is 30.8 Å². The summed E-state index contributed by atoms with van der Waals surface area (Å²) < 4.78 is 5.35. The van der Waals surface area contributed by atoms with Crippen LogP contribution in [-0.2, 0) is 14.3 Å². The van der Waals surface area contributed by atoms with E-state index in [0.717, 1.165) is 11.3 Å². The second kappa shape index (κ2) is 8.67. The van der Waals surface area contributed by atoms with Gasteiger partial charge >= 0.3 is 0 Å². The van der Waals surface area contributed by atoms with Gasteiger partial charge in [0.25, 0.3) is 5.91 Å². The van der Waals surface area contributed by atoms with Crippen molar-refractivity contribution in [1.29, 1.82) is 0 Å². The minimum atomic E-state index is -0.185. The summed E-state index contributed by atoms with van der Waals surface area (Å²) in [7, 11) is 1.64. The molecule has 7 nitrogen and oxygen atoms in total. The number of carbonyl (C=O) groups is 3. The number of amides is 3. The minimum absolute atomic E-state index is 0.00193. The third kappa shape index (κ3) is 4.21. The van der Waals surface area contributed by atoms with Gasteiger partial charge in [-0.2, -0.15) is 0 Å². The molecular weight excluding hydrogens is 382 g/mol. The van der Waals surface area contributed by atoms with Crippen LogP contribution in [0.2, 0.25) is 0 Å². The molecule has 3 amide bonds. The Labute approximate surface area is 175 Å². The molecule has 7 heteroatoms.